The zero-order valence-electron chi connectivity index (χ0n) is 21.8. The lowest BCUT2D eigenvalue weighted by Crippen LogP contribution is -2.30. The molecule has 0 atom stereocenters. The van der Waals surface area contributed by atoms with Crippen LogP contribution in [0.2, 0.25) is 5.02 Å². The quantitative estimate of drug-likeness (QED) is 0.197. The molecule has 3 aromatic carbocycles. The topological polar surface area (TPSA) is 113 Å². The van der Waals surface area contributed by atoms with E-state index in [9.17, 15) is 13.2 Å². The van der Waals surface area contributed by atoms with E-state index in [-0.39, 0.29) is 16.6 Å². The van der Waals surface area contributed by atoms with Gasteiger partial charge in [-0.2, -0.15) is 4.31 Å². The van der Waals surface area contributed by atoms with Crippen molar-refractivity contribution in [3.05, 3.63) is 84.0 Å². The summed E-state index contributed by atoms with van der Waals surface area (Å²) in [6.45, 7) is 4.36. The Labute approximate surface area is 241 Å². The molecule has 0 aliphatic heterocycles. The molecule has 9 nitrogen and oxygen atoms in total. The van der Waals surface area contributed by atoms with Gasteiger partial charge in [0.1, 0.15) is 0 Å². The number of aromatic amines is 1. The fourth-order valence-electron chi connectivity index (χ4n) is 4.37. The molecular weight excluding hydrogens is 568 g/mol. The molecule has 1 amide bonds. The molecular formula is C28H27ClN6O3S2. The molecule has 0 radical (unpaired) electrons. The lowest BCUT2D eigenvalue weighted by atomic mass is 10.1. The van der Waals surface area contributed by atoms with E-state index >= 15 is 0 Å². The first-order valence-corrected chi connectivity index (χ1v) is 15.4. The van der Waals surface area contributed by atoms with E-state index in [1.807, 2.05) is 47.2 Å². The number of anilines is 1. The summed E-state index contributed by atoms with van der Waals surface area (Å²) in [4.78, 5) is 16.3. The van der Waals surface area contributed by atoms with E-state index in [0.717, 1.165) is 22.2 Å². The minimum Gasteiger partial charge on any atom is -0.360 e. The van der Waals surface area contributed by atoms with Crippen LogP contribution in [0.25, 0.3) is 28.0 Å². The Morgan fingerprint density at radius 2 is 1.70 bits per heavy atom. The number of benzene rings is 3. The number of nitrogens with one attached hydrogen (secondary N) is 2. The van der Waals surface area contributed by atoms with E-state index in [4.69, 9.17) is 11.6 Å². The normalized spacial score (nSPS) is 11.8. The third-order valence-corrected chi connectivity index (χ3v) is 9.61. The molecule has 0 spiro atoms. The number of thioether (sulfide) groups is 1. The molecule has 40 heavy (non-hydrogen) atoms. The van der Waals surface area contributed by atoms with Gasteiger partial charge in [0.05, 0.1) is 10.6 Å². The molecule has 0 aliphatic rings. The van der Waals surface area contributed by atoms with Crippen LogP contribution >= 0.6 is 23.4 Å². The average Bonchev–Trinajstić information content (AvgIpc) is 3.57. The fourth-order valence-corrected chi connectivity index (χ4v) is 6.70. The van der Waals surface area contributed by atoms with Crippen molar-refractivity contribution in [2.24, 2.45) is 0 Å². The number of carbonyl (C=O) groups excluding carboxylic acids is 1. The van der Waals surface area contributed by atoms with E-state index in [2.05, 4.69) is 20.5 Å². The highest BCUT2D eigenvalue weighted by molar-refractivity contribution is 7.99. The summed E-state index contributed by atoms with van der Waals surface area (Å²) in [5, 5.41) is 13.9. The molecule has 206 valence electrons. The number of carbonyl (C=O) groups is 1. The summed E-state index contributed by atoms with van der Waals surface area (Å²) in [6.07, 6.45) is 1.90. The number of halogens is 1. The largest absolute Gasteiger partial charge is 0.360 e. The van der Waals surface area contributed by atoms with Gasteiger partial charge in [-0.05, 0) is 54.6 Å². The molecule has 0 fully saturated rings. The molecule has 2 heterocycles. The van der Waals surface area contributed by atoms with Gasteiger partial charge in [0.2, 0.25) is 15.9 Å². The Balaban J connectivity index is 1.36. The molecule has 5 aromatic rings. The van der Waals surface area contributed by atoms with Crippen molar-refractivity contribution in [2.45, 2.75) is 23.9 Å². The van der Waals surface area contributed by atoms with Crippen molar-refractivity contribution < 1.29 is 13.2 Å². The predicted molar refractivity (Wildman–Crippen MR) is 160 cm³/mol. The van der Waals surface area contributed by atoms with Crippen molar-refractivity contribution in [1.82, 2.24) is 24.1 Å². The number of fused-ring (bicyclic) bond motifs is 1. The maximum Gasteiger partial charge on any atom is 0.243 e. The summed E-state index contributed by atoms with van der Waals surface area (Å²) in [7, 11) is -3.57. The number of sulfonamides is 1. The van der Waals surface area contributed by atoms with Gasteiger partial charge in [0, 0.05) is 52.2 Å². The third-order valence-electron chi connectivity index (χ3n) is 6.36. The van der Waals surface area contributed by atoms with Crippen LogP contribution in [0, 0.1) is 0 Å². The summed E-state index contributed by atoms with van der Waals surface area (Å²) < 4.78 is 28.7. The second-order valence-electron chi connectivity index (χ2n) is 8.82. The van der Waals surface area contributed by atoms with Gasteiger partial charge in [-0.1, -0.05) is 55.4 Å². The van der Waals surface area contributed by atoms with Gasteiger partial charge in [0.15, 0.2) is 11.0 Å². The number of amides is 1. The molecule has 5 rings (SSSR count). The third kappa shape index (κ3) is 5.64. The summed E-state index contributed by atoms with van der Waals surface area (Å²) in [5.74, 6) is 0.440. The van der Waals surface area contributed by atoms with Crippen LogP contribution in [-0.2, 0) is 14.8 Å². The maximum atomic E-state index is 12.8. The van der Waals surface area contributed by atoms with Crippen molar-refractivity contribution in [2.75, 3.05) is 24.2 Å². The summed E-state index contributed by atoms with van der Waals surface area (Å²) in [5.41, 5.74) is 3.17. The SMILES string of the molecule is CCN(CC)S(=O)(=O)c1ccc(NC(=O)CSc2nnc(-c3c[nH]c4ccccc34)n2-c2ccc(Cl)cc2)cc1. The molecule has 0 saturated heterocycles. The first-order valence-electron chi connectivity index (χ1n) is 12.6. The Bertz CT molecular complexity index is 1750. The van der Waals surface area contributed by atoms with Crippen LogP contribution in [0.4, 0.5) is 5.69 Å². The van der Waals surface area contributed by atoms with Gasteiger partial charge in [-0.3, -0.25) is 9.36 Å². The average molecular weight is 595 g/mol. The number of H-pyrrole nitrogens is 1. The molecule has 0 unspecified atom stereocenters. The maximum absolute atomic E-state index is 12.8. The van der Waals surface area contributed by atoms with Crippen LogP contribution in [0.5, 0.6) is 0 Å². The first-order chi connectivity index (χ1) is 19.3. The molecule has 2 N–H and O–H groups in total. The van der Waals surface area contributed by atoms with Crippen molar-refractivity contribution in [3.63, 3.8) is 0 Å². The van der Waals surface area contributed by atoms with Gasteiger partial charge >= 0.3 is 0 Å². The van der Waals surface area contributed by atoms with Crippen LogP contribution in [-0.4, -0.2) is 57.2 Å². The standard InChI is InChI=1S/C28H27ClN6O3S2/c1-3-34(4-2)40(37,38)22-15-11-20(12-16-22)31-26(36)18-39-28-33-32-27(35(28)21-13-9-19(29)10-14-21)24-17-30-25-8-6-5-7-23(24)25/h5-17,30H,3-4,18H2,1-2H3,(H,31,36). The highest BCUT2D eigenvalue weighted by Crippen LogP contribution is 2.33. The monoisotopic (exact) mass is 594 g/mol. The number of para-hydroxylation sites is 1. The second-order valence-corrected chi connectivity index (χ2v) is 12.1. The molecule has 0 bridgehead atoms. The Morgan fingerprint density at radius 3 is 2.40 bits per heavy atom. The molecule has 0 saturated carbocycles. The molecule has 2 aromatic heterocycles. The zero-order valence-corrected chi connectivity index (χ0v) is 24.2. The van der Waals surface area contributed by atoms with Crippen LogP contribution in [0.3, 0.4) is 0 Å². The highest BCUT2D eigenvalue weighted by Gasteiger charge is 2.22. The molecule has 0 aliphatic carbocycles. The van der Waals surface area contributed by atoms with Gasteiger partial charge in [0.25, 0.3) is 0 Å². The van der Waals surface area contributed by atoms with Crippen molar-refractivity contribution in [1.29, 1.82) is 0 Å². The fraction of sp³-hybridized carbons (Fsp3) is 0.179. The molecule has 12 heteroatoms. The van der Waals surface area contributed by atoms with E-state index < -0.39 is 10.0 Å². The van der Waals surface area contributed by atoms with Gasteiger partial charge < -0.3 is 10.3 Å². The Kier molecular flexibility index (Phi) is 8.27. The highest BCUT2D eigenvalue weighted by atomic mass is 35.5. The number of nitrogens with zero attached hydrogens (tertiary/aromatic N) is 4. The number of aromatic nitrogens is 4. The number of rotatable bonds is 10. The smallest absolute Gasteiger partial charge is 0.243 e. The summed E-state index contributed by atoms with van der Waals surface area (Å²) in [6, 6.07) is 21.5. The zero-order chi connectivity index (χ0) is 28.3. The lowest BCUT2D eigenvalue weighted by Gasteiger charge is -2.18. The van der Waals surface area contributed by atoms with Crippen LogP contribution < -0.4 is 5.32 Å². The Hall–Kier alpha value is -3.64. The second kappa shape index (κ2) is 11.8. The number of hydrogen-bond acceptors (Lipinski definition) is 6. The summed E-state index contributed by atoms with van der Waals surface area (Å²) >= 11 is 7.38. The van der Waals surface area contributed by atoms with Crippen molar-refractivity contribution >= 4 is 55.9 Å². The van der Waals surface area contributed by atoms with E-state index in [1.54, 1.807) is 38.1 Å². The van der Waals surface area contributed by atoms with Crippen molar-refractivity contribution in [3.8, 4) is 17.1 Å². The minimum atomic E-state index is -3.57. The number of hydrogen-bond donors (Lipinski definition) is 2. The first kappa shape index (κ1) is 27.9. The van der Waals surface area contributed by atoms with E-state index in [1.165, 1.54) is 28.2 Å². The van der Waals surface area contributed by atoms with Crippen LogP contribution in [0.1, 0.15) is 13.8 Å². The predicted octanol–water partition coefficient (Wildman–Crippen LogP) is 5.83. The van der Waals surface area contributed by atoms with E-state index in [0.29, 0.717) is 34.8 Å². The minimum absolute atomic E-state index is 0.0686. The lowest BCUT2D eigenvalue weighted by molar-refractivity contribution is -0.113. The van der Waals surface area contributed by atoms with Crippen LogP contribution in [0.15, 0.2) is 89.0 Å². The Morgan fingerprint density at radius 1 is 1.00 bits per heavy atom. The van der Waals surface area contributed by atoms with Gasteiger partial charge in [-0.25, -0.2) is 8.42 Å². The van der Waals surface area contributed by atoms with Gasteiger partial charge in [-0.15, -0.1) is 10.2 Å².